The Kier molecular flexibility index (Phi) is 5.12. The number of anilines is 2. The Hall–Kier alpha value is -2.75. The van der Waals surface area contributed by atoms with E-state index < -0.39 is 10.8 Å². The summed E-state index contributed by atoms with van der Waals surface area (Å²) in [5.41, 5.74) is 0.993. The first kappa shape index (κ1) is 18.6. The number of aromatic nitrogens is 1. The first-order valence-corrected chi connectivity index (χ1v) is 9.69. The van der Waals surface area contributed by atoms with Gasteiger partial charge in [-0.2, -0.15) is 0 Å². The van der Waals surface area contributed by atoms with Crippen LogP contribution >= 0.6 is 22.9 Å². The van der Waals surface area contributed by atoms with Gasteiger partial charge in [-0.05, 0) is 30.3 Å². The number of thiazole rings is 1. The molecule has 1 amide bonds. The molecule has 1 aliphatic heterocycles. The molecule has 0 saturated carbocycles. The number of nitrogens with zero attached hydrogens (tertiary/aromatic N) is 3. The molecule has 1 fully saturated rings. The monoisotopic (exact) mass is 418 g/mol. The molecule has 1 N–H and O–H groups in total. The predicted octanol–water partition coefficient (Wildman–Crippen LogP) is 3.95. The molecular formula is C18H15ClN4O4S. The Labute approximate surface area is 168 Å². The van der Waals surface area contributed by atoms with E-state index in [-0.39, 0.29) is 16.3 Å². The van der Waals surface area contributed by atoms with Gasteiger partial charge in [0.25, 0.3) is 11.6 Å². The van der Waals surface area contributed by atoms with Crippen LogP contribution in [0.4, 0.5) is 16.5 Å². The van der Waals surface area contributed by atoms with Crippen molar-refractivity contribution in [1.29, 1.82) is 0 Å². The topological polar surface area (TPSA) is 97.6 Å². The van der Waals surface area contributed by atoms with E-state index in [0.717, 1.165) is 34.5 Å². The van der Waals surface area contributed by atoms with Crippen LogP contribution in [0.3, 0.4) is 0 Å². The van der Waals surface area contributed by atoms with Crippen LogP contribution in [-0.4, -0.2) is 42.1 Å². The van der Waals surface area contributed by atoms with Crippen LogP contribution < -0.4 is 10.2 Å². The van der Waals surface area contributed by atoms with E-state index in [9.17, 15) is 14.9 Å². The standard InChI is InChI=1S/C18H15ClN4O4S/c19-11-1-3-13(15(9-11)23(25)26)17(24)20-12-2-4-14-16(10-12)28-18(21-14)22-5-7-27-8-6-22/h1-4,9-10H,5-8H2,(H,20,24). The number of hydrogen-bond donors (Lipinski definition) is 1. The van der Waals surface area contributed by atoms with Crippen molar-refractivity contribution in [1.82, 2.24) is 4.98 Å². The highest BCUT2D eigenvalue weighted by molar-refractivity contribution is 7.22. The van der Waals surface area contributed by atoms with Crippen LogP contribution in [0.2, 0.25) is 5.02 Å². The van der Waals surface area contributed by atoms with Gasteiger partial charge in [0, 0.05) is 29.9 Å². The number of nitro groups is 1. The number of hydrogen-bond acceptors (Lipinski definition) is 7. The summed E-state index contributed by atoms with van der Waals surface area (Å²) in [6.07, 6.45) is 0. The summed E-state index contributed by atoms with van der Waals surface area (Å²) in [4.78, 5) is 29.9. The van der Waals surface area contributed by atoms with E-state index in [2.05, 4.69) is 15.2 Å². The smallest absolute Gasteiger partial charge is 0.283 e. The zero-order valence-electron chi connectivity index (χ0n) is 14.6. The third-order valence-electron chi connectivity index (χ3n) is 4.32. The van der Waals surface area contributed by atoms with E-state index in [4.69, 9.17) is 16.3 Å². The lowest BCUT2D eigenvalue weighted by molar-refractivity contribution is -0.385. The molecule has 28 heavy (non-hydrogen) atoms. The van der Waals surface area contributed by atoms with Gasteiger partial charge in [0.15, 0.2) is 5.13 Å². The van der Waals surface area contributed by atoms with Crippen molar-refractivity contribution in [2.75, 3.05) is 36.5 Å². The zero-order valence-corrected chi connectivity index (χ0v) is 16.1. The Morgan fingerprint density at radius 1 is 1.25 bits per heavy atom. The van der Waals surface area contributed by atoms with Crippen molar-refractivity contribution in [3.63, 3.8) is 0 Å². The molecule has 1 aliphatic rings. The van der Waals surface area contributed by atoms with Gasteiger partial charge in [0.2, 0.25) is 0 Å². The molecule has 8 nitrogen and oxygen atoms in total. The number of halogens is 1. The van der Waals surface area contributed by atoms with Crippen molar-refractivity contribution >= 4 is 55.6 Å². The minimum Gasteiger partial charge on any atom is -0.378 e. The van der Waals surface area contributed by atoms with Crippen LogP contribution in [0.5, 0.6) is 0 Å². The molecule has 2 heterocycles. The quantitative estimate of drug-likeness (QED) is 0.509. The summed E-state index contributed by atoms with van der Waals surface area (Å²) in [5.74, 6) is -0.569. The van der Waals surface area contributed by atoms with Gasteiger partial charge >= 0.3 is 0 Å². The molecule has 0 spiro atoms. The van der Waals surface area contributed by atoms with Crippen LogP contribution in [0.1, 0.15) is 10.4 Å². The molecule has 0 atom stereocenters. The van der Waals surface area contributed by atoms with Gasteiger partial charge in [0.05, 0.1) is 28.4 Å². The van der Waals surface area contributed by atoms with Gasteiger partial charge in [-0.3, -0.25) is 14.9 Å². The average Bonchev–Trinajstić information content (AvgIpc) is 3.12. The van der Waals surface area contributed by atoms with Crippen molar-refractivity contribution in [3.05, 3.63) is 57.1 Å². The van der Waals surface area contributed by atoms with E-state index in [1.54, 1.807) is 6.07 Å². The first-order chi connectivity index (χ1) is 13.5. The highest BCUT2D eigenvalue weighted by atomic mass is 35.5. The Bertz CT molecular complexity index is 1060. The minimum absolute atomic E-state index is 0.0483. The fourth-order valence-corrected chi connectivity index (χ4v) is 4.15. The van der Waals surface area contributed by atoms with Gasteiger partial charge in [-0.1, -0.05) is 22.9 Å². The molecule has 10 heteroatoms. The highest BCUT2D eigenvalue weighted by Gasteiger charge is 2.21. The van der Waals surface area contributed by atoms with Gasteiger partial charge in [-0.25, -0.2) is 4.98 Å². The van der Waals surface area contributed by atoms with Crippen molar-refractivity contribution < 1.29 is 14.5 Å². The normalized spacial score (nSPS) is 14.2. The second-order valence-corrected chi connectivity index (χ2v) is 7.60. The number of rotatable bonds is 4. The molecule has 0 aliphatic carbocycles. The fraction of sp³-hybridized carbons (Fsp3) is 0.222. The Morgan fingerprint density at radius 3 is 2.79 bits per heavy atom. The number of ether oxygens (including phenoxy) is 1. The second kappa shape index (κ2) is 7.70. The number of morpholine rings is 1. The number of carbonyl (C=O) groups is 1. The van der Waals surface area contributed by atoms with Gasteiger partial charge in [0.1, 0.15) is 5.56 Å². The summed E-state index contributed by atoms with van der Waals surface area (Å²) < 4.78 is 6.29. The molecule has 0 bridgehead atoms. The lowest BCUT2D eigenvalue weighted by Crippen LogP contribution is -2.36. The molecule has 2 aromatic carbocycles. The number of benzene rings is 2. The number of nitro benzene ring substituents is 1. The first-order valence-electron chi connectivity index (χ1n) is 8.50. The molecule has 3 aromatic rings. The SMILES string of the molecule is O=C(Nc1ccc2nc(N3CCOCC3)sc2c1)c1ccc(Cl)cc1[N+](=O)[O-]. The van der Waals surface area contributed by atoms with Crippen LogP contribution in [0.25, 0.3) is 10.2 Å². The molecule has 4 rings (SSSR count). The van der Waals surface area contributed by atoms with Crippen LogP contribution in [0, 0.1) is 10.1 Å². The lowest BCUT2D eigenvalue weighted by Gasteiger charge is -2.25. The Balaban J connectivity index is 1.58. The van der Waals surface area contributed by atoms with E-state index in [0.29, 0.717) is 18.9 Å². The third-order valence-corrected chi connectivity index (χ3v) is 5.63. The molecule has 144 valence electrons. The maximum atomic E-state index is 12.5. The molecule has 1 saturated heterocycles. The average molecular weight is 419 g/mol. The van der Waals surface area contributed by atoms with Gasteiger partial charge in [-0.15, -0.1) is 0 Å². The summed E-state index contributed by atoms with van der Waals surface area (Å²) in [6, 6.07) is 9.32. The van der Waals surface area contributed by atoms with E-state index in [1.165, 1.54) is 23.5 Å². The lowest BCUT2D eigenvalue weighted by atomic mass is 10.1. The van der Waals surface area contributed by atoms with Crippen LogP contribution in [0.15, 0.2) is 36.4 Å². The van der Waals surface area contributed by atoms with Crippen LogP contribution in [-0.2, 0) is 4.74 Å². The molecule has 0 unspecified atom stereocenters. The summed E-state index contributed by atoms with van der Waals surface area (Å²) in [5, 5.41) is 15.0. The maximum absolute atomic E-state index is 12.5. The number of fused-ring (bicyclic) bond motifs is 1. The van der Waals surface area contributed by atoms with Crippen molar-refractivity contribution in [2.24, 2.45) is 0 Å². The largest absolute Gasteiger partial charge is 0.378 e. The maximum Gasteiger partial charge on any atom is 0.283 e. The van der Waals surface area contributed by atoms with E-state index in [1.807, 2.05) is 12.1 Å². The predicted molar refractivity (Wildman–Crippen MR) is 109 cm³/mol. The number of nitrogens with one attached hydrogen (secondary N) is 1. The number of amides is 1. The van der Waals surface area contributed by atoms with Crippen molar-refractivity contribution in [3.8, 4) is 0 Å². The zero-order chi connectivity index (χ0) is 19.7. The van der Waals surface area contributed by atoms with Crippen molar-refractivity contribution in [2.45, 2.75) is 0 Å². The highest BCUT2D eigenvalue weighted by Crippen LogP contribution is 2.31. The molecular weight excluding hydrogens is 404 g/mol. The summed E-state index contributed by atoms with van der Waals surface area (Å²) >= 11 is 7.34. The number of carbonyl (C=O) groups excluding carboxylic acids is 1. The molecule has 0 radical (unpaired) electrons. The Morgan fingerprint density at radius 2 is 2.04 bits per heavy atom. The minimum atomic E-state index is -0.623. The fourth-order valence-electron chi connectivity index (χ4n) is 2.93. The summed E-state index contributed by atoms with van der Waals surface area (Å²) in [7, 11) is 0. The van der Waals surface area contributed by atoms with E-state index >= 15 is 0 Å². The third kappa shape index (κ3) is 3.77. The summed E-state index contributed by atoms with van der Waals surface area (Å²) in [6.45, 7) is 2.95. The molecule has 1 aromatic heterocycles. The second-order valence-electron chi connectivity index (χ2n) is 6.15. The van der Waals surface area contributed by atoms with Gasteiger partial charge < -0.3 is 15.0 Å².